The fourth-order valence-corrected chi connectivity index (χ4v) is 1.42. The van der Waals surface area contributed by atoms with E-state index in [1.165, 1.54) is 0 Å². The van der Waals surface area contributed by atoms with Crippen LogP contribution in [0.2, 0.25) is 0 Å². The maximum Gasteiger partial charge on any atom is 0.143 e. The molecule has 0 aliphatic heterocycles. The average molecular weight is 170 g/mol. The van der Waals surface area contributed by atoms with Crippen LogP contribution in [-0.4, -0.2) is 17.3 Å². The standard InChI is InChI=1S/C9H14OS/c1-3-5-6-9(10)8-11-7-4-2/h1H,4-8H2,2H3. The predicted molar refractivity (Wildman–Crippen MR) is 50.7 cm³/mol. The van der Waals surface area contributed by atoms with E-state index in [-0.39, 0.29) is 5.78 Å². The van der Waals surface area contributed by atoms with Gasteiger partial charge in [0.25, 0.3) is 0 Å². The summed E-state index contributed by atoms with van der Waals surface area (Å²) >= 11 is 1.69. The van der Waals surface area contributed by atoms with Gasteiger partial charge in [-0.1, -0.05) is 6.92 Å². The van der Waals surface area contributed by atoms with E-state index < -0.39 is 0 Å². The van der Waals surface area contributed by atoms with Gasteiger partial charge >= 0.3 is 0 Å². The fourth-order valence-electron chi connectivity index (χ4n) is 0.614. The molecule has 0 aliphatic rings. The maximum atomic E-state index is 11.0. The molecule has 62 valence electrons. The highest BCUT2D eigenvalue weighted by molar-refractivity contribution is 7.99. The number of hydrogen-bond acceptors (Lipinski definition) is 2. The van der Waals surface area contributed by atoms with E-state index in [0.717, 1.165) is 12.2 Å². The van der Waals surface area contributed by atoms with Crippen LogP contribution < -0.4 is 0 Å². The SMILES string of the molecule is C#CCCC(=O)CSCCC. The summed E-state index contributed by atoms with van der Waals surface area (Å²) in [5, 5.41) is 0. The number of ketones is 1. The topological polar surface area (TPSA) is 17.1 Å². The van der Waals surface area contributed by atoms with Crippen LogP contribution in [0.3, 0.4) is 0 Å². The monoisotopic (exact) mass is 170 g/mol. The molecule has 0 radical (unpaired) electrons. The second-order valence-electron chi connectivity index (χ2n) is 2.30. The van der Waals surface area contributed by atoms with Crippen LogP contribution in [-0.2, 0) is 4.79 Å². The van der Waals surface area contributed by atoms with Crippen molar-refractivity contribution in [1.82, 2.24) is 0 Å². The minimum Gasteiger partial charge on any atom is -0.299 e. The molecule has 11 heavy (non-hydrogen) atoms. The molecule has 0 aromatic heterocycles. The van der Waals surface area contributed by atoms with Gasteiger partial charge in [0, 0.05) is 12.8 Å². The van der Waals surface area contributed by atoms with Crippen LogP contribution in [0.4, 0.5) is 0 Å². The van der Waals surface area contributed by atoms with Gasteiger partial charge in [0.1, 0.15) is 5.78 Å². The van der Waals surface area contributed by atoms with E-state index >= 15 is 0 Å². The van der Waals surface area contributed by atoms with Gasteiger partial charge < -0.3 is 0 Å². The number of carbonyl (C=O) groups is 1. The smallest absolute Gasteiger partial charge is 0.143 e. The number of carbonyl (C=O) groups excluding carboxylic acids is 1. The number of Topliss-reactive ketones (excluding diaryl/α,β-unsaturated/α-hetero) is 1. The largest absolute Gasteiger partial charge is 0.299 e. The molecule has 0 heterocycles. The van der Waals surface area contributed by atoms with Gasteiger partial charge in [0.05, 0.1) is 5.75 Å². The van der Waals surface area contributed by atoms with E-state index in [9.17, 15) is 4.79 Å². The molecular formula is C9H14OS. The van der Waals surface area contributed by atoms with E-state index in [0.29, 0.717) is 18.6 Å². The third-order valence-electron chi connectivity index (χ3n) is 1.16. The van der Waals surface area contributed by atoms with Crippen molar-refractivity contribution in [2.45, 2.75) is 26.2 Å². The summed E-state index contributed by atoms with van der Waals surface area (Å²) in [5.74, 6) is 4.44. The zero-order valence-electron chi connectivity index (χ0n) is 6.93. The Kier molecular flexibility index (Phi) is 7.39. The van der Waals surface area contributed by atoms with Crippen molar-refractivity contribution >= 4 is 17.5 Å². The Bertz CT molecular complexity index is 146. The molecule has 0 saturated carbocycles. The Labute approximate surface area is 72.9 Å². The van der Waals surface area contributed by atoms with Gasteiger partial charge in [0.2, 0.25) is 0 Å². The Morgan fingerprint density at radius 3 is 2.91 bits per heavy atom. The predicted octanol–water partition coefficient (Wildman–Crippen LogP) is 2.11. The zero-order valence-corrected chi connectivity index (χ0v) is 7.75. The Balaban J connectivity index is 3.17. The second kappa shape index (κ2) is 7.68. The summed E-state index contributed by atoms with van der Waals surface area (Å²) in [7, 11) is 0. The second-order valence-corrected chi connectivity index (χ2v) is 3.40. The lowest BCUT2D eigenvalue weighted by Gasteiger charge is -1.96. The highest BCUT2D eigenvalue weighted by atomic mass is 32.2. The normalized spacial score (nSPS) is 9.09. The van der Waals surface area contributed by atoms with Gasteiger partial charge in [-0.25, -0.2) is 0 Å². The highest BCUT2D eigenvalue weighted by Gasteiger charge is 1.98. The van der Waals surface area contributed by atoms with Crippen molar-refractivity contribution < 1.29 is 4.79 Å². The Hall–Kier alpha value is -0.420. The first kappa shape index (κ1) is 10.6. The summed E-state index contributed by atoms with van der Waals surface area (Å²) < 4.78 is 0. The molecule has 0 unspecified atom stereocenters. The van der Waals surface area contributed by atoms with Crippen molar-refractivity contribution in [3.8, 4) is 12.3 Å². The Morgan fingerprint density at radius 1 is 1.64 bits per heavy atom. The third kappa shape index (κ3) is 7.48. The molecule has 0 saturated heterocycles. The molecule has 0 spiro atoms. The van der Waals surface area contributed by atoms with Crippen LogP contribution in [0.5, 0.6) is 0 Å². The fraction of sp³-hybridized carbons (Fsp3) is 0.667. The van der Waals surface area contributed by atoms with Crippen molar-refractivity contribution in [1.29, 1.82) is 0 Å². The lowest BCUT2D eigenvalue weighted by molar-refractivity contribution is -0.116. The first-order chi connectivity index (χ1) is 5.31. The quantitative estimate of drug-likeness (QED) is 0.448. The van der Waals surface area contributed by atoms with Crippen molar-refractivity contribution in [2.24, 2.45) is 0 Å². The first-order valence-corrected chi connectivity index (χ1v) is 4.99. The molecular weight excluding hydrogens is 156 g/mol. The molecule has 0 atom stereocenters. The van der Waals surface area contributed by atoms with Crippen LogP contribution in [0.25, 0.3) is 0 Å². The summed E-state index contributed by atoms with van der Waals surface area (Å²) in [4.78, 5) is 11.0. The number of terminal acetylenes is 1. The maximum absolute atomic E-state index is 11.0. The van der Waals surface area contributed by atoms with Crippen molar-refractivity contribution in [2.75, 3.05) is 11.5 Å². The third-order valence-corrected chi connectivity index (χ3v) is 2.38. The molecule has 0 aromatic carbocycles. The van der Waals surface area contributed by atoms with Gasteiger partial charge in [-0.15, -0.1) is 12.3 Å². The number of rotatable bonds is 6. The molecule has 0 aliphatic carbocycles. The van der Waals surface area contributed by atoms with Crippen LogP contribution >= 0.6 is 11.8 Å². The van der Waals surface area contributed by atoms with E-state index in [4.69, 9.17) is 6.42 Å². The molecule has 0 N–H and O–H groups in total. The first-order valence-electron chi connectivity index (χ1n) is 3.84. The van der Waals surface area contributed by atoms with Crippen LogP contribution in [0, 0.1) is 12.3 Å². The zero-order chi connectivity index (χ0) is 8.53. The van der Waals surface area contributed by atoms with Crippen molar-refractivity contribution in [3.63, 3.8) is 0 Å². The minimum absolute atomic E-state index is 0.279. The van der Waals surface area contributed by atoms with E-state index in [1.807, 2.05) is 0 Å². The molecule has 1 nitrogen and oxygen atoms in total. The van der Waals surface area contributed by atoms with Crippen molar-refractivity contribution in [3.05, 3.63) is 0 Å². The van der Waals surface area contributed by atoms with Gasteiger partial charge in [-0.05, 0) is 12.2 Å². The lowest BCUT2D eigenvalue weighted by Crippen LogP contribution is -2.00. The summed E-state index contributed by atoms with van der Waals surface area (Å²) in [6, 6.07) is 0. The van der Waals surface area contributed by atoms with Crippen LogP contribution in [0.1, 0.15) is 26.2 Å². The molecule has 0 rings (SSSR count). The van der Waals surface area contributed by atoms with Gasteiger partial charge in [0.15, 0.2) is 0 Å². The average Bonchev–Trinajstić information content (AvgIpc) is 2.01. The molecule has 0 aromatic rings. The van der Waals surface area contributed by atoms with Gasteiger partial charge in [-0.3, -0.25) is 4.79 Å². The summed E-state index contributed by atoms with van der Waals surface area (Å²) in [5.41, 5.74) is 0. The Morgan fingerprint density at radius 2 is 2.36 bits per heavy atom. The van der Waals surface area contributed by atoms with E-state index in [2.05, 4.69) is 12.8 Å². The highest BCUT2D eigenvalue weighted by Crippen LogP contribution is 2.04. The summed E-state index contributed by atoms with van der Waals surface area (Å²) in [6.07, 6.45) is 7.29. The number of thioether (sulfide) groups is 1. The molecule has 0 bridgehead atoms. The molecule has 0 fully saturated rings. The molecule has 2 heteroatoms. The van der Waals surface area contributed by atoms with Gasteiger partial charge in [-0.2, -0.15) is 11.8 Å². The van der Waals surface area contributed by atoms with E-state index in [1.54, 1.807) is 11.8 Å². The number of hydrogen-bond donors (Lipinski definition) is 0. The summed E-state index contributed by atoms with van der Waals surface area (Å²) in [6.45, 7) is 2.11. The molecule has 0 amide bonds. The lowest BCUT2D eigenvalue weighted by atomic mass is 10.2. The van der Waals surface area contributed by atoms with Crippen LogP contribution in [0.15, 0.2) is 0 Å². The minimum atomic E-state index is 0.279.